The fraction of sp³-hybridized carbons (Fsp3) is 0.875. The van der Waals surface area contributed by atoms with Crippen molar-refractivity contribution in [3.8, 4) is 0 Å². The minimum absolute atomic E-state index is 0.333. The van der Waals surface area contributed by atoms with Crippen molar-refractivity contribution >= 4 is 17.7 Å². The number of rotatable bonds is 2. The Kier molecular flexibility index (Phi) is 2.99. The lowest BCUT2D eigenvalue weighted by molar-refractivity contribution is -0.153. The van der Waals surface area contributed by atoms with E-state index in [2.05, 4.69) is 0 Å². The molecule has 2 unspecified atom stereocenters. The number of hydrogen-bond acceptors (Lipinski definition) is 2. The molecule has 1 aliphatic rings. The molecular weight excluding hydrogens is 179 g/mol. The molecule has 0 aliphatic carbocycles. The highest BCUT2D eigenvalue weighted by atomic mass is 32.2. The Morgan fingerprint density at radius 3 is 2.83 bits per heavy atom. The van der Waals surface area contributed by atoms with Crippen LogP contribution in [0.4, 0.5) is 4.39 Å². The van der Waals surface area contributed by atoms with Gasteiger partial charge in [0.1, 0.15) is 11.6 Å². The number of halogens is 1. The minimum Gasteiger partial charge on any atom is -0.481 e. The molecule has 0 aromatic rings. The number of carboxylic acids is 1. The number of carboxylic acid groups (broad SMARTS) is 1. The summed E-state index contributed by atoms with van der Waals surface area (Å²) in [6.45, 7) is 1.75. The maximum Gasteiger partial charge on any atom is 0.312 e. The van der Waals surface area contributed by atoms with E-state index in [1.807, 2.05) is 0 Å². The third kappa shape index (κ3) is 1.44. The number of aliphatic carboxylic acids is 1. The van der Waals surface area contributed by atoms with Crippen molar-refractivity contribution in [1.29, 1.82) is 0 Å². The van der Waals surface area contributed by atoms with Gasteiger partial charge in [0, 0.05) is 5.75 Å². The van der Waals surface area contributed by atoms with Crippen LogP contribution in [-0.4, -0.2) is 28.8 Å². The molecule has 2 atom stereocenters. The van der Waals surface area contributed by atoms with E-state index in [1.54, 1.807) is 6.92 Å². The third-order valence-electron chi connectivity index (χ3n) is 2.61. The normalized spacial score (nSPS) is 36.3. The van der Waals surface area contributed by atoms with Crippen LogP contribution in [0.2, 0.25) is 0 Å². The Labute approximate surface area is 75.5 Å². The lowest BCUT2D eigenvalue weighted by Crippen LogP contribution is -2.44. The smallest absolute Gasteiger partial charge is 0.312 e. The average Bonchev–Trinajstić information content (AvgIpc) is 2.05. The first-order valence-corrected chi connectivity index (χ1v) is 5.24. The van der Waals surface area contributed by atoms with E-state index in [-0.39, 0.29) is 0 Å². The molecule has 2 nitrogen and oxygen atoms in total. The molecular formula is C8H13FO2S. The molecule has 0 spiro atoms. The first-order chi connectivity index (χ1) is 5.63. The lowest BCUT2D eigenvalue weighted by Gasteiger charge is -2.34. The lowest BCUT2D eigenvalue weighted by atomic mass is 9.78. The quantitative estimate of drug-likeness (QED) is 0.726. The van der Waals surface area contributed by atoms with Gasteiger partial charge in [0.2, 0.25) is 0 Å². The molecule has 0 radical (unpaired) electrons. The molecule has 4 heteroatoms. The Morgan fingerprint density at radius 1 is 1.83 bits per heavy atom. The third-order valence-corrected chi connectivity index (χ3v) is 3.63. The molecule has 1 heterocycles. The molecule has 1 aliphatic heterocycles. The van der Waals surface area contributed by atoms with Crippen molar-refractivity contribution in [2.24, 2.45) is 5.41 Å². The number of alkyl halides is 1. The predicted molar refractivity (Wildman–Crippen MR) is 47.2 cm³/mol. The molecule has 0 aromatic carbocycles. The summed E-state index contributed by atoms with van der Waals surface area (Å²) in [5, 5.41) is 8.91. The van der Waals surface area contributed by atoms with Crippen LogP contribution < -0.4 is 0 Å². The summed E-state index contributed by atoms with van der Waals surface area (Å²) in [6, 6.07) is 0. The van der Waals surface area contributed by atoms with Crippen molar-refractivity contribution in [3.63, 3.8) is 0 Å². The molecule has 12 heavy (non-hydrogen) atoms. The summed E-state index contributed by atoms with van der Waals surface area (Å²) in [5.74, 6) is 0.124. The highest BCUT2D eigenvalue weighted by Crippen LogP contribution is 2.40. The van der Waals surface area contributed by atoms with Gasteiger partial charge in [-0.25, -0.2) is 4.39 Å². The van der Waals surface area contributed by atoms with E-state index in [9.17, 15) is 9.18 Å². The van der Waals surface area contributed by atoms with Gasteiger partial charge in [0.15, 0.2) is 0 Å². The SMILES string of the molecule is CCC1(C(=O)O)CCSCC1F. The number of hydrogen-bond donors (Lipinski definition) is 1. The minimum atomic E-state index is -1.18. The van der Waals surface area contributed by atoms with E-state index in [1.165, 1.54) is 11.8 Å². The van der Waals surface area contributed by atoms with Gasteiger partial charge in [-0.05, 0) is 18.6 Å². The van der Waals surface area contributed by atoms with Crippen LogP contribution in [-0.2, 0) is 4.79 Å². The molecule has 1 rings (SSSR count). The first kappa shape index (κ1) is 9.84. The molecule has 0 amide bonds. The Balaban J connectivity index is 2.81. The van der Waals surface area contributed by atoms with Crippen molar-refractivity contribution in [1.82, 2.24) is 0 Å². The van der Waals surface area contributed by atoms with Gasteiger partial charge in [-0.2, -0.15) is 11.8 Å². The second-order valence-corrected chi connectivity index (χ2v) is 4.26. The van der Waals surface area contributed by atoms with Gasteiger partial charge in [-0.3, -0.25) is 4.79 Å². The maximum absolute atomic E-state index is 13.4. The van der Waals surface area contributed by atoms with Crippen molar-refractivity contribution < 1.29 is 14.3 Å². The first-order valence-electron chi connectivity index (χ1n) is 4.08. The molecule has 0 bridgehead atoms. The van der Waals surface area contributed by atoms with E-state index in [4.69, 9.17) is 5.11 Å². The largest absolute Gasteiger partial charge is 0.481 e. The molecule has 1 fully saturated rings. The summed E-state index contributed by atoms with van der Waals surface area (Å²) in [4.78, 5) is 10.9. The Hall–Kier alpha value is -0.250. The van der Waals surface area contributed by atoms with E-state index >= 15 is 0 Å². The molecule has 0 saturated carbocycles. The maximum atomic E-state index is 13.4. The standard InChI is InChI=1S/C8H13FO2S/c1-2-8(7(10)11)3-4-12-5-6(8)9/h6H,2-5H2,1H3,(H,10,11). The highest BCUT2D eigenvalue weighted by molar-refractivity contribution is 7.99. The predicted octanol–water partition coefficient (Wildman–Crippen LogP) is 1.94. The second-order valence-electron chi connectivity index (χ2n) is 3.11. The summed E-state index contributed by atoms with van der Waals surface area (Å²) in [6.07, 6.45) is -0.326. The monoisotopic (exact) mass is 192 g/mol. The Bertz CT molecular complexity index is 186. The van der Waals surface area contributed by atoms with E-state index < -0.39 is 17.6 Å². The number of thioether (sulfide) groups is 1. The molecule has 1 saturated heterocycles. The summed E-state index contributed by atoms with van der Waals surface area (Å²) in [7, 11) is 0. The fourth-order valence-corrected chi connectivity index (χ4v) is 2.75. The van der Waals surface area contributed by atoms with Crippen LogP contribution in [0.3, 0.4) is 0 Å². The van der Waals surface area contributed by atoms with Crippen molar-refractivity contribution in [2.75, 3.05) is 11.5 Å². The van der Waals surface area contributed by atoms with Gasteiger partial charge < -0.3 is 5.11 Å². The topological polar surface area (TPSA) is 37.3 Å². The average molecular weight is 192 g/mol. The van der Waals surface area contributed by atoms with Crippen LogP contribution in [0.5, 0.6) is 0 Å². The zero-order valence-corrected chi connectivity index (χ0v) is 7.86. The van der Waals surface area contributed by atoms with Gasteiger partial charge in [0.05, 0.1) is 0 Å². The molecule has 70 valence electrons. The summed E-state index contributed by atoms with van der Waals surface area (Å²) in [5.41, 5.74) is -1.09. The zero-order chi connectivity index (χ0) is 9.19. The van der Waals surface area contributed by atoms with E-state index in [0.717, 1.165) is 5.75 Å². The van der Waals surface area contributed by atoms with E-state index in [0.29, 0.717) is 18.6 Å². The molecule has 1 N–H and O–H groups in total. The Morgan fingerprint density at radius 2 is 2.50 bits per heavy atom. The van der Waals surface area contributed by atoms with Gasteiger partial charge in [0.25, 0.3) is 0 Å². The van der Waals surface area contributed by atoms with Crippen molar-refractivity contribution in [2.45, 2.75) is 25.9 Å². The van der Waals surface area contributed by atoms with Gasteiger partial charge in [-0.1, -0.05) is 6.92 Å². The zero-order valence-electron chi connectivity index (χ0n) is 7.05. The van der Waals surface area contributed by atoms with Crippen LogP contribution in [0.25, 0.3) is 0 Å². The van der Waals surface area contributed by atoms with Gasteiger partial charge >= 0.3 is 5.97 Å². The van der Waals surface area contributed by atoms with Crippen molar-refractivity contribution in [3.05, 3.63) is 0 Å². The van der Waals surface area contributed by atoms with Crippen LogP contribution in [0.1, 0.15) is 19.8 Å². The van der Waals surface area contributed by atoms with Crippen LogP contribution >= 0.6 is 11.8 Å². The highest BCUT2D eigenvalue weighted by Gasteiger charge is 2.46. The summed E-state index contributed by atoms with van der Waals surface area (Å²) >= 11 is 1.50. The van der Waals surface area contributed by atoms with Crippen LogP contribution in [0, 0.1) is 5.41 Å². The fourth-order valence-electron chi connectivity index (χ4n) is 1.55. The number of carbonyl (C=O) groups is 1. The van der Waals surface area contributed by atoms with Crippen LogP contribution in [0.15, 0.2) is 0 Å². The second kappa shape index (κ2) is 3.64. The summed E-state index contributed by atoms with van der Waals surface area (Å²) < 4.78 is 13.4. The van der Waals surface area contributed by atoms with Gasteiger partial charge in [-0.15, -0.1) is 0 Å². The molecule has 0 aromatic heterocycles.